The van der Waals surface area contributed by atoms with Gasteiger partial charge >= 0.3 is 0 Å². The quantitative estimate of drug-likeness (QED) is 0.916. The monoisotopic (exact) mass is 342 g/mol. The molecule has 1 N–H and O–H groups in total. The molecular weight excluding hydrogens is 320 g/mol. The maximum Gasteiger partial charge on any atom is 0.253 e. The van der Waals surface area contributed by atoms with Crippen molar-refractivity contribution in [2.24, 2.45) is 0 Å². The first kappa shape index (κ1) is 17.2. The second-order valence-corrected chi connectivity index (χ2v) is 6.18. The normalized spacial score (nSPS) is 16.5. The van der Waals surface area contributed by atoms with E-state index < -0.39 is 0 Å². The van der Waals surface area contributed by atoms with Crippen LogP contribution < -0.4 is 5.32 Å². The predicted molar refractivity (Wildman–Crippen MR) is 93.3 cm³/mol. The fourth-order valence-electron chi connectivity index (χ4n) is 2.90. The standard InChI is InChI=1S/C18H22N4O3/c1-13-12-16(20-25-13)19-17(23)14(2)21-8-10-22(11-9-21)18(24)15-6-4-3-5-7-15/h3-7,12,14H,8-11H2,1-2H3,(H,19,20,23)/t14-/m0/s1. The molecule has 25 heavy (non-hydrogen) atoms. The summed E-state index contributed by atoms with van der Waals surface area (Å²) >= 11 is 0. The van der Waals surface area contributed by atoms with Gasteiger partial charge in [-0.15, -0.1) is 0 Å². The molecule has 0 radical (unpaired) electrons. The fraction of sp³-hybridized carbons (Fsp3) is 0.389. The molecule has 1 aliphatic rings. The zero-order valence-corrected chi connectivity index (χ0v) is 14.4. The van der Waals surface area contributed by atoms with Crippen molar-refractivity contribution in [3.63, 3.8) is 0 Å². The number of hydrogen-bond donors (Lipinski definition) is 1. The van der Waals surface area contributed by atoms with Gasteiger partial charge in [0.25, 0.3) is 5.91 Å². The van der Waals surface area contributed by atoms with E-state index in [1.165, 1.54) is 0 Å². The van der Waals surface area contributed by atoms with Gasteiger partial charge < -0.3 is 14.7 Å². The maximum absolute atomic E-state index is 12.5. The van der Waals surface area contributed by atoms with Crippen molar-refractivity contribution in [2.75, 3.05) is 31.5 Å². The van der Waals surface area contributed by atoms with E-state index in [-0.39, 0.29) is 17.9 Å². The van der Waals surface area contributed by atoms with Crippen molar-refractivity contribution >= 4 is 17.6 Å². The minimum absolute atomic E-state index is 0.0374. The highest BCUT2D eigenvalue weighted by molar-refractivity contribution is 5.95. The Balaban J connectivity index is 1.53. The summed E-state index contributed by atoms with van der Waals surface area (Å²) in [7, 11) is 0. The molecule has 0 saturated carbocycles. The largest absolute Gasteiger partial charge is 0.360 e. The third-order valence-electron chi connectivity index (χ3n) is 4.43. The van der Waals surface area contributed by atoms with E-state index in [1.807, 2.05) is 42.2 Å². The van der Waals surface area contributed by atoms with E-state index in [4.69, 9.17) is 4.52 Å². The molecule has 132 valence electrons. The van der Waals surface area contributed by atoms with Crippen LogP contribution in [0.2, 0.25) is 0 Å². The lowest BCUT2D eigenvalue weighted by Crippen LogP contribution is -2.54. The van der Waals surface area contributed by atoms with Crippen LogP contribution in [0.3, 0.4) is 0 Å². The Kier molecular flexibility index (Phi) is 5.14. The molecule has 1 atom stereocenters. The van der Waals surface area contributed by atoms with E-state index in [1.54, 1.807) is 13.0 Å². The Morgan fingerprint density at radius 1 is 1.16 bits per heavy atom. The molecule has 0 spiro atoms. The molecule has 7 heteroatoms. The van der Waals surface area contributed by atoms with Crippen molar-refractivity contribution in [2.45, 2.75) is 19.9 Å². The molecule has 2 amide bonds. The van der Waals surface area contributed by atoms with E-state index in [9.17, 15) is 9.59 Å². The summed E-state index contributed by atoms with van der Waals surface area (Å²) in [4.78, 5) is 28.7. The van der Waals surface area contributed by atoms with Gasteiger partial charge in [0.15, 0.2) is 5.82 Å². The Hall–Kier alpha value is -2.67. The molecule has 0 bridgehead atoms. The molecule has 2 aromatic rings. The Bertz CT molecular complexity index is 736. The maximum atomic E-state index is 12.5. The lowest BCUT2D eigenvalue weighted by Gasteiger charge is -2.37. The van der Waals surface area contributed by atoms with Crippen LogP contribution in [-0.4, -0.2) is 59.0 Å². The van der Waals surface area contributed by atoms with E-state index in [0.29, 0.717) is 43.3 Å². The second-order valence-electron chi connectivity index (χ2n) is 6.18. The fourth-order valence-corrected chi connectivity index (χ4v) is 2.90. The average Bonchev–Trinajstić information content (AvgIpc) is 3.06. The van der Waals surface area contributed by atoms with Crippen LogP contribution in [0.25, 0.3) is 0 Å². The van der Waals surface area contributed by atoms with Gasteiger partial charge in [-0.05, 0) is 26.0 Å². The van der Waals surface area contributed by atoms with Gasteiger partial charge in [-0.1, -0.05) is 23.4 Å². The third kappa shape index (κ3) is 4.06. The SMILES string of the molecule is Cc1cc(NC(=O)[C@H](C)N2CCN(C(=O)c3ccccc3)CC2)no1. The van der Waals surface area contributed by atoms with E-state index >= 15 is 0 Å². The molecule has 0 aliphatic carbocycles. The van der Waals surface area contributed by atoms with Crippen LogP contribution in [-0.2, 0) is 4.79 Å². The molecule has 1 aliphatic heterocycles. The summed E-state index contributed by atoms with van der Waals surface area (Å²) in [5, 5.41) is 6.53. The van der Waals surface area contributed by atoms with E-state index in [2.05, 4.69) is 15.4 Å². The van der Waals surface area contributed by atoms with Gasteiger partial charge in [0, 0.05) is 37.8 Å². The third-order valence-corrected chi connectivity index (χ3v) is 4.43. The Morgan fingerprint density at radius 2 is 1.84 bits per heavy atom. The number of aromatic nitrogens is 1. The second kappa shape index (κ2) is 7.48. The van der Waals surface area contributed by atoms with Crippen LogP contribution in [0, 0.1) is 6.92 Å². The van der Waals surface area contributed by atoms with Crippen LogP contribution in [0.1, 0.15) is 23.0 Å². The topological polar surface area (TPSA) is 78.7 Å². The van der Waals surface area contributed by atoms with Crippen molar-refractivity contribution in [3.8, 4) is 0 Å². The van der Waals surface area contributed by atoms with Crippen LogP contribution >= 0.6 is 0 Å². The molecular formula is C18H22N4O3. The van der Waals surface area contributed by atoms with Crippen molar-refractivity contribution < 1.29 is 14.1 Å². The highest BCUT2D eigenvalue weighted by atomic mass is 16.5. The number of aryl methyl sites for hydroxylation is 1. The van der Waals surface area contributed by atoms with Gasteiger partial charge in [-0.25, -0.2) is 0 Å². The molecule has 0 unspecified atom stereocenters. The summed E-state index contributed by atoms with van der Waals surface area (Å²) in [5.74, 6) is 0.981. The molecule has 1 saturated heterocycles. The number of amides is 2. The molecule has 1 fully saturated rings. The highest BCUT2D eigenvalue weighted by Gasteiger charge is 2.28. The summed E-state index contributed by atoms with van der Waals surface area (Å²) in [6.07, 6.45) is 0. The Labute approximate surface area is 146 Å². The smallest absolute Gasteiger partial charge is 0.253 e. The summed E-state index contributed by atoms with van der Waals surface area (Å²) in [5.41, 5.74) is 0.697. The van der Waals surface area contributed by atoms with Gasteiger partial charge in [-0.2, -0.15) is 0 Å². The number of rotatable bonds is 4. The lowest BCUT2D eigenvalue weighted by molar-refractivity contribution is -0.121. The molecule has 7 nitrogen and oxygen atoms in total. The number of carbonyl (C=O) groups is 2. The number of hydrogen-bond acceptors (Lipinski definition) is 5. The number of piperazine rings is 1. The minimum Gasteiger partial charge on any atom is -0.360 e. The number of nitrogens with zero attached hydrogens (tertiary/aromatic N) is 3. The van der Waals surface area contributed by atoms with Gasteiger partial charge in [0.1, 0.15) is 5.76 Å². The van der Waals surface area contributed by atoms with Crippen molar-refractivity contribution in [3.05, 3.63) is 47.7 Å². The Morgan fingerprint density at radius 3 is 2.44 bits per heavy atom. The van der Waals surface area contributed by atoms with Crippen LogP contribution in [0.5, 0.6) is 0 Å². The zero-order valence-electron chi connectivity index (χ0n) is 14.4. The zero-order chi connectivity index (χ0) is 17.8. The predicted octanol–water partition coefficient (Wildman–Crippen LogP) is 1.77. The van der Waals surface area contributed by atoms with Crippen LogP contribution in [0.15, 0.2) is 40.9 Å². The summed E-state index contributed by atoms with van der Waals surface area (Å²) < 4.78 is 4.95. The molecule has 2 heterocycles. The summed E-state index contributed by atoms with van der Waals surface area (Å²) in [6.45, 7) is 6.16. The average molecular weight is 342 g/mol. The van der Waals surface area contributed by atoms with Gasteiger partial charge in [-0.3, -0.25) is 14.5 Å². The highest BCUT2D eigenvalue weighted by Crippen LogP contribution is 2.13. The number of nitrogens with one attached hydrogen (secondary N) is 1. The first-order valence-corrected chi connectivity index (χ1v) is 8.37. The van der Waals surface area contributed by atoms with Crippen molar-refractivity contribution in [1.29, 1.82) is 0 Å². The number of carbonyl (C=O) groups excluding carboxylic acids is 2. The van der Waals surface area contributed by atoms with Gasteiger partial charge in [0.05, 0.1) is 6.04 Å². The first-order valence-electron chi connectivity index (χ1n) is 8.37. The minimum atomic E-state index is -0.300. The van der Waals surface area contributed by atoms with E-state index in [0.717, 1.165) is 0 Å². The number of anilines is 1. The molecule has 1 aromatic heterocycles. The first-order chi connectivity index (χ1) is 12.0. The molecule has 3 rings (SSSR count). The van der Waals surface area contributed by atoms with Crippen molar-refractivity contribution in [1.82, 2.24) is 15.0 Å². The lowest BCUT2D eigenvalue weighted by atomic mass is 10.1. The number of benzene rings is 1. The van der Waals surface area contributed by atoms with Crippen LogP contribution in [0.4, 0.5) is 5.82 Å². The summed E-state index contributed by atoms with van der Waals surface area (Å²) in [6, 6.07) is 10.6. The molecule has 1 aromatic carbocycles. The van der Waals surface area contributed by atoms with Gasteiger partial charge in [0.2, 0.25) is 5.91 Å².